The maximum Gasteiger partial charge on any atom is 0.0577 e. The van der Waals surface area contributed by atoms with Gasteiger partial charge in [0.1, 0.15) is 0 Å². The van der Waals surface area contributed by atoms with Gasteiger partial charge in [-0.05, 0) is 37.5 Å². The van der Waals surface area contributed by atoms with Crippen molar-refractivity contribution in [3.8, 4) is 0 Å². The predicted molar refractivity (Wildman–Crippen MR) is 93.8 cm³/mol. The molecule has 0 heterocycles. The highest BCUT2D eigenvalue weighted by Crippen LogP contribution is 2.30. The SMILES string of the molecule is CCCCCCCCCCCCOC1CCC(C)C(C)C1. The second kappa shape index (κ2) is 12.5. The predicted octanol–water partition coefficient (Wildman–Crippen LogP) is 6.75. The second-order valence-corrected chi connectivity index (χ2v) is 7.44. The summed E-state index contributed by atoms with van der Waals surface area (Å²) in [6.45, 7) is 8.07. The molecule has 3 unspecified atom stereocenters. The molecule has 1 nitrogen and oxygen atoms in total. The standard InChI is InChI=1S/C20H40O/c1-4-5-6-7-8-9-10-11-12-13-16-21-20-15-14-18(2)19(3)17-20/h18-20H,4-17H2,1-3H3. The van der Waals surface area contributed by atoms with E-state index in [1.165, 1.54) is 83.5 Å². The minimum absolute atomic E-state index is 0.565. The molecular weight excluding hydrogens is 256 g/mol. The number of rotatable bonds is 12. The van der Waals surface area contributed by atoms with Crippen molar-refractivity contribution in [2.75, 3.05) is 6.61 Å². The zero-order chi connectivity index (χ0) is 15.3. The topological polar surface area (TPSA) is 9.23 Å². The molecule has 3 atom stereocenters. The maximum absolute atomic E-state index is 6.07. The number of hydrogen-bond acceptors (Lipinski definition) is 1. The molecule has 0 radical (unpaired) electrons. The number of hydrogen-bond donors (Lipinski definition) is 0. The van der Waals surface area contributed by atoms with Gasteiger partial charge in [-0.1, -0.05) is 78.6 Å². The molecule has 126 valence electrons. The van der Waals surface area contributed by atoms with Gasteiger partial charge in [-0.2, -0.15) is 0 Å². The van der Waals surface area contributed by atoms with Crippen LogP contribution in [0.5, 0.6) is 0 Å². The van der Waals surface area contributed by atoms with Crippen LogP contribution in [0.4, 0.5) is 0 Å². The first-order valence-electron chi connectivity index (χ1n) is 9.85. The third-order valence-corrected chi connectivity index (χ3v) is 5.40. The zero-order valence-electron chi connectivity index (χ0n) is 15.0. The normalized spacial score (nSPS) is 26.1. The van der Waals surface area contributed by atoms with E-state index in [4.69, 9.17) is 4.74 Å². The molecule has 0 aliphatic heterocycles. The maximum atomic E-state index is 6.07. The van der Waals surface area contributed by atoms with E-state index in [0.29, 0.717) is 6.10 Å². The van der Waals surface area contributed by atoms with Gasteiger partial charge in [0.05, 0.1) is 6.10 Å². The molecular formula is C20H40O. The van der Waals surface area contributed by atoms with Crippen molar-refractivity contribution in [1.29, 1.82) is 0 Å². The van der Waals surface area contributed by atoms with Gasteiger partial charge in [0.15, 0.2) is 0 Å². The minimum Gasteiger partial charge on any atom is -0.378 e. The molecule has 0 aromatic heterocycles. The first kappa shape index (κ1) is 19.0. The zero-order valence-corrected chi connectivity index (χ0v) is 15.0. The van der Waals surface area contributed by atoms with E-state index in [-0.39, 0.29) is 0 Å². The molecule has 0 saturated heterocycles. The van der Waals surface area contributed by atoms with E-state index in [9.17, 15) is 0 Å². The molecule has 1 saturated carbocycles. The Morgan fingerprint density at radius 3 is 1.86 bits per heavy atom. The van der Waals surface area contributed by atoms with Crippen LogP contribution in [0.2, 0.25) is 0 Å². The first-order chi connectivity index (χ1) is 10.2. The summed E-state index contributed by atoms with van der Waals surface area (Å²) in [5, 5.41) is 0. The highest BCUT2D eigenvalue weighted by atomic mass is 16.5. The molecule has 1 rings (SSSR count). The van der Waals surface area contributed by atoms with Crippen LogP contribution in [-0.4, -0.2) is 12.7 Å². The van der Waals surface area contributed by atoms with Crippen molar-refractivity contribution in [3.05, 3.63) is 0 Å². The Bertz CT molecular complexity index is 226. The summed E-state index contributed by atoms with van der Waals surface area (Å²) < 4.78 is 6.07. The van der Waals surface area contributed by atoms with E-state index in [0.717, 1.165) is 18.4 Å². The summed E-state index contributed by atoms with van der Waals surface area (Å²) in [7, 11) is 0. The van der Waals surface area contributed by atoms with Crippen molar-refractivity contribution in [2.24, 2.45) is 11.8 Å². The summed E-state index contributed by atoms with van der Waals surface area (Å²) in [5.74, 6) is 1.76. The summed E-state index contributed by atoms with van der Waals surface area (Å²) in [5.41, 5.74) is 0. The van der Waals surface area contributed by atoms with Gasteiger partial charge in [-0.15, -0.1) is 0 Å². The fraction of sp³-hybridized carbons (Fsp3) is 1.00. The average Bonchev–Trinajstić information content (AvgIpc) is 2.48. The molecule has 0 amide bonds. The lowest BCUT2D eigenvalue weighted by atomic mass is 9.80. The lowest BCUT2D eigenvalue weighted by Crippen LogP contribution is -2.26. The van der Waals surface area contributed by atoms with Crippen LogP contribution in [0.3, 0.4) is 0 Å². The van der Waals surface area contributed by atoms with Gasteiger partial charge in [-0.25, -0.2) is 0 Å². The van der Waals surface area contributed by atoms with E-state index in [2.05, 4.69) is 20.8 Å². The lowest BCUT2D eigenvalue weighted by molar-refractivity contribution is 0.000993. The van der Waals surface area contributed by atoms with Crippen LogP contribution in [0.1, 0.15) is 104 Å². The van der Waals surface area contributed by atoms with Gasteiger partial charge < -0.3 is 4.74 Å². The molecule has 0 bridgehead atoms. The van der Waals surface area contributed by atoms with E-state index >= 15 is 0 Å². The largest absolute Gasteiger partial charge is 0.378 e. The van der Waals surface area contributed by atoms with Gasteiger partial charge in [0.2, 0.25) is 0 Å². The number of ether oxygens (including phenoxy) is 1. The second-order valence-electron chi connectivity index (χ2n) is 7.44. The van der Waals surface area contributed by atoms with Crippen molar-refractivity contribution < 1.29 is 4.74 Å². The molecule has 1 fully saturated rings. The summed E-state index contributed by atoms with van der Waals surface area (Å²) >= 11 is 0. The van der Waals surface area contributed by atoms with E-state index < -0.39 is 0 Å². The van der Waals surface area contributed by atoms with Crippen molar-refractivity contribution in [3.63, 3.8) is 0 Å². The van der Waals surface area contributed by atoms with Gasteiger partial charge >= 0.3 is 0 Å². The van der Waals surface area contributed by atoms with Crippen molar-refractivity contribution in [2.45, 2.75) is 110 Å². The Kier molecular flexibility index (Phi) is 11.3. The Balaban J connectivity index is 1.80. The van der Waals surface area contributed by atoms with E-state index in [1.54, 1.807) is 0 Å². The molecule has 1 heteroatoms. The monoisotopic (exact) mass is 296 g/mol. The van der Waals surface area contributed by atoms with Crippen LogP contribution < -0.4 is 0 Å². The Morgan fingerprint density at radius 2 is 1.29 bits per heavy atom. The molecule has 0 spiro atoms. The third-order valence-electron chi connectivity index (χ3n) is 5.40. The van der Waals surface area contributed by atoms with Crippen LogP contribution in [-0.2, 0) is 4.74 Å². The quantitative estimate of drug-likeness (QED) is 0.362. The molecule has 0 N–H and O–H groups in total. The summed E-state index contributed by atoms with van der Waals surface area (Å²) in [6.07, 6.45) is 18.6. The van der Waals surface area contributed by atoms with Crippen LogP contribution in [0.15, 0.2) is 0 Å². The molecule has 21 heavy (non-hydrogen) atoms. The summed E-state index contributed by atoms with van der Waals surface area (Å²) in [4.78, 5) is 0. The van der Waals surface area contributed by atoms with Crippen LogP contribution in [0, 0.1) is 11.8 Å². The molecule has 0 aromatic carbocycles. The van der Waals surface area contributed by atoms with Gasteiger partial charge in [0, 0.05) is 6.61 Å². The fourth-order valence-corrected chi connectivity index (χ4v) is 3.49. The van der Waals surface area contributed by atoms with Crippen LogP contribution in [0.25, 0.3) is 0 Å². The highest BCUT2D eigenvalue weighted by Gasteiger charge is 2.24. The molecule has 1 aliphatic carbocycles. The van der Waals surface area contributed by atoms with Gasteiger partial charge in [-0.3, -0.25) is 0 Å². The smallest absolute Gasteiger partial charge is 0.0577 e. The first-order valence-corrected chi connectivity index (χ1v) is 9.85. The Hall–Kier alpha value is -0.0400. The minimum atomic E-state index is 0.565. The summed E-state index contributed by atoms with van der Waals surface area (Å²) in [6, 6.07) is 0. The Morgan fingerprint density at radius 1 is 0.714 bits per heavy atom. The highest BCUT2D eigenvalue weighted by molar-refractivity contribution is 4.75. The Labute approximate surface area is 134 Å². The van der Waals surface area contributed by atoms with E-state index in [1.807, 2.05) is 0 Å². The molecule has 0 aromatic rings. The molecule has 1 aliphatic rings. The number of unbranched alkanes of at least 4 members (excludes halogenated alkanes) is 9. The average molecular weight is 297 g/mol. The van der Waals surface area contributed by atoms with Gasteiger partial charge in [0.25, 0.3) is 0 Å². The van der Waals surface area contributed by atoms with Crippen molar-refractivity contribution in [1.82, 2.24) is 0 Å². The fourth-order valence-electron chi connectivity index (χ4n) is 3.49. The third kappa shape index (κ3) is 9.55. The lowest BCUT2D eigenvalue weighted by Gasteiger charge is -2.32. The van der Waals surface area contributed by atoms with Crippen LogP contribution >= 0.6 is 0 Å². The van der Waals surface area contributed by atoms with Crippen molar-refractivity contribution >= 4 is 0 Å².